The molecule has 1 aliphatic rings. The topological polar surface area (TPSA) is 68.2 Å². The molecule has 2 rings (SSSR count). The highest BCUT2D eigenvalue weighted by molar-refractivity contribution is 4.98. The third-order valence-electron chi connectivity index (χ3n) is 3.90. The molecular formula is C14H26N4O. The fourth-order valence-corrected chi connectivity index (χ4v) is 2.48. The zero-order valence-electron chi connectivity index (χ0n) is 12.5. The zero-order chi connectivity index (χ0) is 14.0. The van der Waals surface area contributed by atoms with E-state index < -0.39 is 0 Å². The summed E-state index contributed by atoms with van der Waals surface area (Å²) in [7, 11) is 0. The lowest BCUT2D eigenvalue weighted by atomic mass is 9.93. The molecule has 1 fully saturated rings. The fraction of sp³-hybridized carbons (Fsp3) is 0.857. The van der Waals surface area contributed by atoms with Crippen LogP contribution in [0.2, 0.25) is 0 Å². The number of likely N-dealkylation sites (tertiary alicyclic amines) is 1. The minimum atomic E-state index is -0.0848. The van der Waals surface area contributed by atoms with Crippen LogP contribution < -0.4 is 5.73 Å². The molecule has 1 aromatic rings. The molecule has 0 amide bonds. The first-order valence-electron chi connectivity index (χ1n) is 7.17. The summed E-state index contributed by atoms with van der Waals surface area (Å²) in [5.74, 6) is 2.10. The quantitative estimate of drug-likeness (QED) is 0.905. The van der Waals surface area contributed by atoms with E-state index >= 15 is 0 Å². The first-order valence-corrected chi connectivity index (χ1v) is 7.17. The monoisotopic (exact) mass is 266 g/mol. The third-order valence-corrected chi connectivity index (χ3v) is 3.90. The highest BCUT2D eigenvalue weighted by atomic mass is 16.5. The molecule has 0 spiro atoms. The Labute approximate surface area is 115 Å². The molecule has 0 aromatic carbocycles. The molecule has 1 aliphatic heterocycles. The summed E-state index contributed by atoms with van der Waals surface area (Å²) < 4.78 is 5.35. The van der Waals surface area contributed by atoms with Crippen LogP contribution >= 0.6 is 0 Å². The van der Waals surface area contributed by atoms with Gasteiger partial charge in [0.25, 0.3) is 0 Å². The van der Waals surface area contributed by atoms with Crippen LogP contribution in [0.1, 0.15) is 52.3 Å². The maximum absolute atomic E-state index is 5.79. The summed E-state index contributed by atoms with van der Waals surface area (Å²) in [6, 6.07) is 0.569. The second-order valence-electron chi connectivity index (χ2n) is 6.72. The molecule has 2 atom stereocenters. The molecule has 1 saturated heterocycles. The van der Waals surface area contributed by atoms with Crippen molar-refractivity contribution in [2.45, 2.75) is 58.5 Å². The summed E-state index contributed by atoms with van der Waals surface area (Å²) in [6.07, 6.45) is 2.43. The Kier molecular flexibility index (Phi) is 4.26. The number of rotatable bonds is 3. The van der Waals surface area contributed by atoms with Crippen LogP contribution in [0.5, 0.6) is 0 Å². The third kappa shape index (κ3) is 3.54. The van der Waals surface area contributed by atoms with Crippen molar-refractivity contribution in [3.63, 3.8) is 0 Å². The molecule has 108 valence electrons. The van der Waals surface area contributed by atoms with E-state index in [9.17, 15) is 0 Å². The van der Waals surface area contributed by atoms with Gasteiger partial charge in [0.15, 0.2) is 5.82 Å². The molecule has 0 bridgehead atoms. The Bertz CT molecular complexity index is 410. The lowest BCUT2D eigenvalue weighted by Gasteiger charge is -2.36. The van der Waals surface area contributed by atoms with E-state index in [0.29, 0.717) is 17.9 Å². The van der Waals surface area contributed by atoms with Gasteiger partial charge in [-0.05, 0) is 32.2 Å². The van der Waals surface area contributed by atoms with Crippen molar-refractivity contribution in [1.82, 2.24) is 15.0 Å². The van der Waals surface area contributed by atoms with Gasteiger partial charge in [0.2, 0.25) is 5.89 Å². The number of aromatic nitrogens is 2. The van der Waals surface area contributed by atoms with Gasteiger partial charge < -0.3 is 10.3 Å². The molecule has 0 saturated carbocycles. The first kappa shape index (κ1) is 14.5. The molecule has 0 aliphatic carbocycles. The van der Waals surface area contributed by atoms with E-state index in [0.717, 1.165) is 25.5 Å². The van der Waals surface area contributed by atoms with Gasteiger partial charge in [0.1, 0.15) is 0 Å². The van der Waals surface area contributed by atoms with Crippen molar-refractivity contribution < 1.29 is 4.52 Å². The predicted molar refractivity (Wildman–Crippen MR) is 74.6 cm³/mol. The lowest BCUT2D eigenvalue weighted by Crippen LogP contribution is -2.43. The number of hydrogen-bond acceptors (Lipinski definition) is 5. The van der Waals surface area contributed by atoms with Crippen LogP contribution in [0.4, 0.5) is 0 Å². The molecule has 2 unspecified atom stereocenters. The summed E-state index contributed by atoms with van der Waals surface area (Å²) in [5, 5.41) is 4.10. The van der Waals surface area contributed by atoms with Gasteiger partial charge in [-0.15, -0.1) is 0 Å². The van der Waals surface area contributed by atoms with Crippen molar-refractivity contribution in [2.75, 3.05) is 13.1 Å². The second kappa shape index (κ2) is 5.59. The molecular weight excluding hydrogens is 240 g/mol. The van der Waals surface area contributed by atoms with Gasteiger partial charge >= 0.3 is 0 Å². The van der Waals surface area contributed by atoms with E-state index in [-0.39, 0.29) is 5.41 Å². The molecule has 5 heteroatoms. The molecule has 5 nitrogen and oxygen atoms in total. The normalized spacial score (nSPS) is 25.7. The predicted octanol–water partition coefficient (Wildman–Crippen LogP) is 1.93. The molecule has 2 heterocycles. The molecule has 1 aromatic heterocycles. The van der Waals surface area contributed by atoms with E-state index in [4.69, 9.17) is 10.3 Å². The molecule has 19 heavy (non-hydrogen) atoms. The van der Waals surface area contributed by atoms with Crippen molar-refractivity contribution in [3.8, 4) is 0 Å². The summed E-state index contributed by atoms with van der Waals surface area (Å²) in [4.78, 5) is 6.93. The van der Waals surface area contributed by atoms with Crippen LogP contribution in [-0.2, 0) is 12.0 Å². The minimum Gasteiger partial charge on any atom is -0.339 e. The highest BCUT2D eigenvalue weighted by Gasteiger charge is 2.27. The average molecular weight is 266 g/mol. The number of nitrogens with zero attached hydrogens (tertiary/aromatic N) is 3. The van der Waals surface area contributed by atoms with Crippen molar-refractivity contribution in [2.24, 2.45) is 11.7 Å². The number of piperidine rings is 1. The standard InChI is InChI=1S/C14H26N4O/c1-10-5-6-11(7-15)8-18(10)9-12-16-13(19-17-12)14(2,3)4/h10-11H,5-9,15H2,1-4H3. The van der Waals surface area contributed by atoms with Gasteiger partial charge in [-0.25, -0.2) is 0 Å². The van der Waals surface area contributed by atoms with Crippen molar-refractivity contribution in [1.29, 1.82) is 0 Å². The van der Waals surface area contributed by atoms with Crippen LogP contribution in [0.3, 0.4) is 0 Å². The van der Waals surface area contributed by atoms with Crippen molar-refractivity contribution >= 4 is 0 Å². The SMILES string of the molecule is CC1CCC(CN)CN1Cc1noc(C(C)(C)C)n1. The smallest absolute Gasteiger partial charge is 0.232 e. The Morgan fingerprint density at radius 3 is 2.68 bits per heavy atom. The number of nitrogens with two attached hydrogens (primary N) is 1. The Morgan fingerprint density at radius 2 is 2.11 bits per heavy atom. The van der Waals surface area contributed by atoms with Gasteiger partial charge in [0.05, 0.1) is 6.54 Å². The largest absolute Gasteiger partial charge is 0.339 e. The first-order chi connectivity index (χ1) is 8.90. The lowest BCUT2D eigenvalue weighted by molar-refractivity contribution is 0.109. The Hall–Kier alpha value is -0.940. The maximum Gasteiger partial charge on any atom is 0.232 e. The maximum atomic E-state index is 5.79. The van der Waals surface area contributed by atoms with E-state index in [2.05, 4.69) is 42.7 Å². The van der Waals surface area contributed by atoms with Crippen LogP contribution in [0.15, 0.2) is 4.52 Å². The zero-order valence-corrected chi connectivity index (χ0v) is 12.5. The molecule has 0 radical (unpaired) electrons. The summed E-state index contributed by atoms with van der Waals surface area (Å²) >= 11 is 0. The Morgan fingerprint density at radius 1 is 1.37 bits per heavy atom. The minimum absolute atomic E-state index is 0.0848. The summed E-state index contributed by atoms with van der Waals surface area (Å²) in [6.45, 7) is 11.1. The van der Waals surface area contributed by atoms with Gasteiger partial charge in [-0.2, -0.15) is 4.98 Å². The van der Waals surface area contributed by atoms with Crippen LogP contribution in [0.25, 0.3) is 0 Å². The van der Waals surface area contributed by atoms with Crippen LogP contribution in [0, 0.1) is 5.92 Å². The van der Waals surface area contributed by atoms with E-state index in [1.165, 1.54) is 12.8 Å². The second-order valence-corrected chi connectivity index (χ2v) is 6.72. The van der Waals surface area contributed by atoms with Gasteiger partial charge in [-0.1, -0.05) is 25.9 Å². The van der Waals surface area contributed by atoms with Crippen molar-refractivity contribution in [3.05, 3.63) is 11.7 Å². The highest BCUT2D eigenvalue weighted by Crippen LogP contribution is 2.24. The van der Waals surface area contributed by atoms with Crippen LogP contribution in [-0.4, -0.2) is 34.2 Å². The van der Waals surface area contributed by atoms with E-state index in [1.807, 2.05) is 0 Å². The average Bonchev–Trinajstić information content (AvgIpc) is 2.80. The van der Waals surface area contributed by atoms with E-state index in [1.54, 1.807) is 0 Å². The Balaban J connectivity index is 2.01. The molecule has 2 N–H and O–H groups in total. The van der Waals surface area contributed by atoms with Gasteiger partial charge in [0, 0.05) is 18.0 Å². The van der Waals surface area contributed by atoms with Gasteiger partial charge in [-0.3, -0.25) is 4.90 Å². The number of hydrogen-bond donors (Lipinski definition) is 1. The fourth-order valence-electron chi connectivity index (χ4n) is 2.48. The summed E-state index contributed by atoms with van der Waals surface area (Å²) in [5.41, 5.74) is 5.70.